The average Bonchev–Trinajstić information content (AvgIpc) is 3.35. The van der Waals surface area contributed by atoms with Gasteiger partial charge in [0.15, 0.2) is 5.65 Å². The van der Waals surface area contributed by atoms with Crippen molar-refractivity contribution in [2.75, 3.05) is 0 Å². The topological polar surface area (TPSA) is 67.6 Å². The number of nitrogens with zero attached hydrogens (tertiary/aromatic N) is 4. The van der Waals surface area contributed by atoms with Gasteiger partial charge < -0.3 is 4.42 Å². The predicted molar refractivity (Wildman–Crippen MR) is 121 cm³/mol. The van der Waals surface area contributed by atoms with Crippen LogP contribution in [-0.2, 0) is 0 Å². The highest BCUT2D eigenvalue weighted by Gasteiger charge is 2.21. The van der Waals surface area contributed by atoms with Gasteiger partial charge >= 0.3 is 0 Å². The summed E-state index contributed by atoms with van der Waals surface area (Å²) in [4.78, 5) is 4.65. The fourth-order valence-corrected chi connectivity index (χ4v) is 4.15. The molecule has 0 aliphatic rings. The highest BCUT2D eigenvalue weighted by molar-refractivity contribution is 9.10. The fraction of sp³-hybridized carbons (Fsp3) is 0.125. The Morgan fingerprint density at radius 1 is 1.10 bits per heavy atom. The number of hydrogen-bond donors (Lipinski definition) is 0. The van der Waals surface area contributed by atoms with E-state index in [9.17, 15) is 5.26 Å². The van der Waals surface area contributed by atoms with Gasteiger partial charge in [0.2, 0.25) is 0 Å². The van der Waals surface area contributed by atoms with Crippen LogP contribution in [0.2, 0.25) is 0 Å². The van der Waals surface area contributed by atoms with E-state index < -0.39 is 0 Å². The first-order valence-electron chi connectivity index (χ1n) is 9.63. The number of hydrogen-bond acceptors (Lipinski definition) is 4. The van der Waals surface area contributed by atoms with E-state index in [0.29, 0.717) is 5.56 Å². The van der Waals surface area contributed by atoms with Crippen LogP contribution in [-0.4, -0.2) is 14.8 Å². The Labute approximate surface area is 181 Å². The van der Waals surface area contributed by atoms with Gasteiger partial charge in [-0.1, -0.05) is 32.0 Å². The Morgan fingerprint density at radius 3 is 2.67 bits per heavy atom. The zero-order chi connectivity index (χ0) is 20.8. The molecule has 0 spiro atoms. The van der Waals surface area contributed by atoms with Crippen LogP contribution in [0, 0.1) is 11.3 Å². The van der Waals surface area contributed by atoms with Gasteiger partial charge in [-0.05, 0) is 58.2 Å². The number of para-hydroxylation sites is 1. The van der Waals surface area contributed by atoms with Crippen molar-refractivity contribution in [1.29, 1.82) is 5.26 Å². The zero-order valence-electron chi connectivity index (χ0n) is 16.4. The first-order valence-corrected chi connectivity index (χ1v) is 10.4. The largest absolute Gasteiger partial charge is 0.456 e. The molecule has 146 valence electrons. The van der Waals surface area contributed by atoms with Crippen molar-refractivity contribution in [1.82, 2.24) is 14.8 Å². The predicted octanol–water partition coefficient (Wildman–Crippen LogP) is 6.59. The molecule has 0 amide bonds. The first-order chi connectivity index (χ1) is 14.6. The molecule has 5 nitrogen and oxygen atoms in total. The van der Waals surface area contributed by atoms with Gasteiger partial charge in [-0.3, -0.25) is 0 Å². The number of aromatic nitrogens is 3. The van der Waals surface area contributed by atoms with Crippen LogP contribution < -0.4 is 0 Å². The fourth-order valence-electron chi connectivity index (χ4n) is 3.70. The van der Waals surface area contributed by atoms with Gasteiger partial charge in [0.05, 0.1) is 22.3 Å². The molecule has 0 unspecified atom stereocenters. The molecule has 0 N–H and O–H groups in total. The summed E-state index contributed by atoms with van der Waals surface area (Å²) in [6.07, 6.45) is 1.78. The molecule has 0 saturated heterocycles. The second-order valence-corrected chi connectivity index (χ2v) is 8.29. The van der Waals surface area contributed by atoms with Crippen LogP contribution in [0.3, 0.4) is 0 Å². The summed E-state index contributed by atoms with van der Waals surface area (Å²) in [7, 11) is 0. The Balaban J connectivity index is 1.79. The first kappa shape index (κ1) is 18.6. The summed E-state index contributed by atoms with van der Waals surface area (Å²) in [5.74, 6) is 0.994. The summed E-state index contributed by atoms with van der Waals surface area (Å²) >= 11 is 3.48. The quantitative estimate of drug-likeness (QED) is 0.307. The molecule has 0 radical (unpaired) electrons. The maximum atomic E-state index is 9.23. The Kier molecular flexibility index (Phi) is 4.41. The van der Waals surface area contributed by atoms with Gasteiger partial charge in [0.25, 0.3) is 0 Å². The summed E-state index contributed by atoms with van der Waals surface area (Å²) < 4.78 is 8.72. The monoisotopic (exact) mass is 456 g/mol. The van der Waals surface area contributed by atoms with E-state index in [4.69, 9.17) is 9.52 Å². The summed E-state index contributed by atoms with van der Waals surface area (Å²) in [6, 6.07) is 19.8. The molecule has 30 heavy (non-hydrogen) atoms. The van der Waals surface area contributed by atoms with Crippen molar-refractivity contribution in [2.45, 2.75) is 19.8 Å². The average molecular weight is 457 g/mol. The van der Waals surface area contributed by atoms with E-state index in [1.54, 1.807) is 12.3 Å². The molecule has 0 fully saturated rings. The minimum Gasteiger partial charge on any atom is -0.456 e. The summed E-state index contributed by atoms with van der Waals surface area (Å²) in [5, 5.41) is 16.2. The highest BCUT2D eigenvalue weighted by Crippen LogP contribution is 2.37. The normalized spacial score (nSPS) is 11.4. The third-order valence-electron chi connectivity index (χ3n) is 5.15. The van der Waals surface area contributed by atoms with Crippen molar-refractivity contribution in [3.63, 3.8) is 0 Å². The standard InChI is InChI=1S/C24H17BrN4O/c1-14(2)23-22-18(21-11-15-5-3-4-6-20(15)30-21)9-10-27-24(22)29(28-23)17-8-7-16(13-26)19(25)12-17/h3-12,14H,1-2H3. The minimum absolute atomic E-state index is 0.197. The van der Waals surface area contributed by atoms with Gasteiger partial charge in [0, 0.05) is 21.6 Å². The second kappa shape index (κ2) is 7.12. The van der Waals surface area contributed by atoms with Gasteiger partial charge in [-0.2, -0.15) is 10.4 Å². The van der Waals surface area contributed by atoms with Gasteiger partial charge in [-0.15, -0.1) is 0 Å². The number of halogens is 1. The number of furan rings is 1. The van der Waals surface area contributed by atoms with E-state index in [0.717, 1.165) is 49.2 Å². The molecular formula is C24H17BrN4O. The lowest BCUT2D eigenvalue weighted by Crippen LogP contribution is -1.99. The molecule has 0 saturated carbocycles. The smallest absolute Gasteiger partial charge is 0.163 e. The van der Waals surface area contributed by atoms with E-state index in [2.05, 4.69) is 46.9 Å². The van der Waals surface area contributed by atoms with Crippen LogP contribution >= 0.6 is 15.9 Å². The number of fused-ring (bicyclic) bond motifs is 2. The minimum atomic E-state index is 0.197. The molecule has 3 heterocycles. The van der Waals surface area contributed by atoms with Crippen molar-refractivity contribution in [3.8, 4) is 23.1 Å². The lowest BCUT2D eigenvalue weighted by Gasteiger charge is -2.05. The van der Waals surface area contributed by atoms with Crippen LogP contribution in [0.25, 0.3) is 39.0 Å². The van der Waals surface area contributed by atoms with Crippen molar-refractivity contribution < 1.29 is 4.42 Å². The third kappa shape index (κ3) is 2.90. The van der Waals surface area contributed by atoms with Crippen LogP contribution in [0.5, 0.6) is 0 Å². The van der Waals surface area contributed by atoms with Crippen LogP contribution in [0.15, 0.2) is 69.7 Å². The van der Waals surface area contributed by atoms with Crippen molar-refractivity contribution in [2.24, 2.45) is 0 Å². The zero-order valence-corrected chi connectivity index (χ0v) is 18.0. The van der Waals surface area contributed by atoms with Gasteiger partial charge in [-0.25, -0.2) is 9.67 Å². The summed E-state index contributed by atoms with van der Waals surface area (Å²) in [5.41, 5.74) is 4.95. The number of nitriles is 1. The molecule has 6 heteroatoms. The second-order valence-electron chi connectivity index (χ2n) is 7.43. The highest BCUT2D eigenvalue weighted by atomic mass is 79.9. The van der Waals surface area contributed by atoms with E-state index in [1.165, 1.54) is 0 Å². The van der Waals surface area contributed by atoms with E-state index in [-0.39, 0.29) is 5.92 Å². The summed E-state index contributed by atoms with van der Waals surface area (Å²) in [6.45, 7) is 4.24. The van der Waals surface area contributed by atoms with Gasteiger partial charge in [0.1, 0.15) is 17.4 Å². The molecule has 3 aromatic heterocycles. The maximum Gasteiger partial charge on any atom is 0.163 e. The van der Waals surface area contributed by atoms with E-state index >= 15 is 0 Å². The molecule has 5 aromatic rings. The molecule has 0 atom stereocenters. The van der Waals surface area contributed by atoms with Crippen LogP contribution in [0.1, 0.15) is 31.0 Å². The molecule has 5 rings (SSSR count). The van der Waals surface area contributed by atoms with E-state index in [1.807, 2.05) is 47.1 Å². The van der Waals surface area contributed by atoms with Crippen molar-refractivity contribution in [3.05, 3.63) is 76.5 Å². The van der Waals surface area contributed by atoms with Crippen molar-refractivity contribution >= 4 is 37.9 Å². The Bertz CT molecular complexity index is 1420. The Hall–Kier alpha value is -3.43. The maximum absolute atomic E-state index is 9.23. The molecular weight excluding hydrogens is 440 g/mol. The number of rotatable bonds is 3. The number of benzene rings is 2. The molecule has 0 bridgehead atoms. The third-order valence-corrected chi connectivity index (χ3v) is 5.81. The lowest BCUT2D eigenvalue weighted by molar-refractivity contribution is 0.632. The SMILES string of the molecule is CC(C)c1nn(-c2ccc(C#N)c(Br)c2)c2nccc(-c3cc4ccccc4o3)c12. The lowest BCUT2D eigenvalue weighted by atomic mass is 10.0. The molecule has 0 aliphatic carbocycles. The number of pyridine rings is 1. The Morgan fingerprint density at radius 2 is 1.93 bits per heavy atom. The molecule has 0 aliphatic heterocycles. The molecule has 2 aromatic carbocycles. The van der Waals surface area contributed by atoms with Crippen LogP contribution in [0.4, 0.5) is 0 Å².